The summed E-state index contributed by atoms with van der Waals surface area (Å²) >= 11 is 1.80. The summed E-state index contributed by atoms with van der Waals surface area (Å²) in [4.78, 5) is 33.9. The summed E-state index contributed by atoms with van der Waals surface area (Å²) < 4.78 is 0. The third kappa shape index (κ3) is 6.06. The lowest BCUT2D eigenvalue weighted by molar-refractivity contribution is -0.131. The van der Waals surface area contributed by atoms with Gasteiger partial charge in [-0.15, -0.1) is 35.3 Å². The van der Waals surface area contributed by atoms with Crippen molar-refractivity contribution >= 4 is 53.1 Å². The number of aliphatic imine (C=N–C) groups is 1. The summed E-state index contributed by atoms with van der Waals surface area (Å²) in [6.45, 7) is 8.36. The molecule has 0 aromatic carbocycles. The number of thiophene rings is 1. The second-order valence-corrected chi connectivity index (χ2v) is 8.44. The van der Waals surface area contributed by atoms with Gasteiger partial charge in [0.05, 0.1) is 6.54 Å². The Kier molecular flexibility index (Phi) is 8.88. The molecule has 0 atom stereocenters. The quantitative estimate of drug-likeness (QED) is 0.347. The Labute approximate surface area is 204 Å². The highest BCUT2D eigenvalue weighted by Gasteiger charge is 2.23. The first-order chi connectivity index (χ1) is 14.7. The van der Waals surface area contributed by atoms with Crippen LogP contribution in [0.3, 0.4) is 0 Å². The molecular formula is C21H30IN7OS. The summed E-state index contributed by atoms with van der Waals surface area (Å²) in [5, 5.41) is 5.49. The molecule has 0 unspecified atom stereocenters. The Hall–Kier alpha value is -1.95. The number of aromatic nitrogens is 2. The zero-order valence-electron chi connectivity index (χ0n) is 17.9. The normalized spacial score (nSPS) is 16.5. The Morgan fingerprint density at radius 2 is 1.94 bits per heavy atom. The van der Waals surface area contributed by atoms with E-state index in [0.717, 1.165) is 64.1 Å². The molecule has 0 aliphatic carbocycles. The first-order valence-electron chi connectivity index (χ1n) is 10.6. The van der Waals surface area contributed by atoms with Crippen LogP contribution in [0.4, 0.5) is 5.95 Å². The Balaban J connectivity index is 0.00000272. The van der Waals surface area contributed by atoms with Crippen molar-refractivity contribution in [2.75, 3.05) is 50.7 Å². The number of nitrogens with zero attached hydrogens (tertiary/aromatic N) is 6. The van der Waals surface area contributed by atoms with Gasteiger partial charge in [0.25, 0.3) is 0 Å². The first-order valence-corrected chi connectivity index (χ1v) is 11.5. The van der Waals surface area contributed by atoms with Crippen LogP contribution < -0.4 is 10.2 Å². The zero-order valence-corrected chi connectivity index (χ0v) is 21.0. The summed E-state index contributed by atoms with van der Waals surface area (Å²) in [5.74, 6) is 1.86. The topological polar surface area (TPSA) is 77.0 Å². The molecule has 2 aromatic rings. The van der Waals surface area contributed by atoms with E-state index in [1.807, 2.05) is 11.0 Å². The number of halogens is 1. The molecule has 0 bridgehead atoms. The van der Waals surface area contributed by atoms with Crippen LogP contribution in [-0.4, -0.2) is 77.4 Å². The molecule has 1 N–H and O–H groups in total. The summed E-state index contributed by atoms with van der Waals surface area (Å²) in [7, 11) is 0. The lowest BCUT2D eigenvalue weighted by atomic mass is 10.1. The van der Waals surface area contributed by atoms with Gasteiger partial charge in [0.1, 0.15) is 0 Å². The van der Waals surface area contributed by atoms with Crippen LogP contribution in [0.15, 0.2) is 34.9 Å². The number of anilines is 1. The number of piperazine rings is 1. The maximum atomic E-state index is 12.7. The van der Waals surface area contributed by atoms with Crippen LogP contribution in [0, 0.1) is 0 Å². The number of carbonyl (C=O) groups is 1. The van der Waals surface area contributed by atoms with Crippen molar-refractivity contribution in [1.82, 2.24) is 25.1 Å². The number of hydrogen-bond donors (Lipinski definition) is 1. The number of carbonyl (C=O) groups excluding carboxylic acids is 1. The van der Waals surface area contributed by atoms with E-state index in [1.54, 1.807) is 23.7 Å². The van der Waals surface area contributed by atoms with Gasteiger partial charge >= 0.3 is 0 Å². The molecule has 1 fully saturated rings. The highest BCUT2D eigenvalue weighted by molar-refractivity contribution is 14.0. The maximum Gasteiger partial charge on any atom is 0.225 e. The maximum absolute atomic E-state index is 12.7. The van der Waals surface area contributed by atoms with Gasteiger partial charge in [0.2, 0.25) is 11.9 Å². The second kappa shape index (κ2) is 11.6. The fourth-order valence-corrected chi connectivity index (χ4v) is 4.77. The second-order valence-electron chi connectivity index (χ2n) is 7.44. The average molecular weight is 555 g/mol. The number of guanidine groups is 1. The molecule has 0 spiro atoms. The minimum Gasteiger partial charge on any atom is -0.357 e. The van der Waals surface area contributed by atoms with Gasteiger partial charge in [-0.3, -0.25) is 9.79 Å². The van der Waals surface area contributed by atoms with Crippen LogP contribution in [0.25, 0.3) is 0 Å². The van der Waals surface area contributed by atoms with Crippen molar-refractivity contribution in [3.05, 3.63) is 40.3 Å². The number of nitrogens with one attached hydrogen (secondary N) is 1. The van der Waals surface area contributed by atoms with E-state index in [-0.39, 0.29) is 29.9 Å². The summed E-state index contributed by atoms with van der Waals surface area (Å²) in [6, 6.07) is 3.97. The summed E-state index contributed by atoms with van der Waals surface area (Å²) in [5.41, 5.74) is 1.30. The standard InChI is InChI=1S/C21H29N7OS.HI/c1-2-22-20(26-11-13-27(14-12-26)21-23-7-3-8-24-21)25-9-4-19(29)28-10-5-18-17(16-28)6-15-30-18;/h3,6-8,15H,2,4-5,9-14,16H2,1H3,(H,22,25);1H. The molecule has 2 aliphatic heterocycles. The molecule has 0 radical (unpaired) electrons. The van der Waals surface area contributed by atoms with Crippen LogP contribution >= 0.6 is 35.3 Å². The van der Waals surface area contributed by atoms with E-state index >= 15 is 0 Å². The van der Waals surface area contributed by atoms with E-state index in [9.17, 15) is 4.79 Å². The highest BCUT2D eigenvalue weighted by Crippen LogP contribution is 2.24. The molecule has 2 aliphatic rings. The first kappa shape index (κ1) is 23.7. The number of rotatable bonds is 5. The van der Waals surface area contributed by atoms with Gasteiger partial charge in [-0.1, -0.05) is 0 Å². The van der Waals surface area contributed by atoms with Crippen LogP contribution in [0.1, 0.15) is 23.8 Å². The predicted octanol–water partition coefficient (Wildman–Crippen LogP) is 2.22. The van der Waals surface area contributed by atoms with Crippen molar-refractivity contribution in [1.29, 1.82) is 0 Å². The van der Waals surface area contributed by atoms with Crippen LogP contribution in [-0.2, 0) is 17.8 Å². The van der Waals surface area contributed by atoms with Crippen LogP contribution in [0.5, 0.6) is 0 Å². The molecule has 2 aromatic heterocycles. The molecule has 10 heteroatoms. The fourth-order valence-electron chi connectivity index (χ4n) is 3.88. The van der Waals surface area contributed by atoms with Crippen molar-refractivity contribution in [3.63, 3.8) is 0 Å². The minimum atomic E-state index is 0. The third-order valence-electron chi connectivity index (χ3n) is 5.50. The SMILES string of the molecule is CCNC(=NCCC(=O)N1CCc2sccc2C1)N1CCN(c2ncccn2)CC1.I. The molecule has 168 valence electrons. The molecule has 1 saturated heterocycles. The van der Waals surface area contributed by atoms with Gasteiger partial charge < -0.3 is 20.0 Å². The fraction of sp³-hybridized carbons (Fsp3) is 0.524. The lowest BCUT2D eigenvalue weighted by Crippen LogP contribution is -2.53. The molecule has 8 nitrogen and oxygen atoms in total. The number of hydrogen-bond acceptors (Lipinski definition) is 6. The minimum absolute atomic E-state index is 0. The van der Waals surface area contributed by atoms with Crippen LogP contribution in [0.2, 0.25) is 0 Å². The van der Waals surface area contributed by atoms with Gasteiger partial charge in [-0.25, -0.2) is 9.97 Å². The predicted molar refractivity (Wildman–Crippen MR) is 135 cm³/mol. The van der Waals surface area contributed by atoms with E-state index < -0.39 is 0 Å². The number of amides is 1. The largest absolute Gasteiger partial charge is 0.357 e. The smallest absolute Gasteiger partial charge is 0.225 e. The molecule has 1 amide bonds. The van der Waals surface area contributed by atoms with Crippen molar-refractivity contribution in [2.24, 2.45) is 4.99 Å². The monoisotopic (exact) mass is 555 g/mol. The van der Waals surface area contributed by atoms with Crippen molar-refractivity contribution < 1.29 is 4.79 Å². The molecular weight excluding hydrogens is 525 g/mol. The van der Waals surface area contributed by atoms with E-state index in [4.69, 9.17) is 4.99 Å². The van der Waals surface area contributed by atoms with Gasteiger partial charge in [-0.05, 0) is 36.4 Å². The third-order valence-corrected chi connectivity index (χ3v) is 6.52. The Morgan fingerprint density at radius 3 is 2.68 bits per heavy atom. The number of fused-ring (bicyclic) bond motifs is 1. The molecule has 4 rings (SSSR count). The van der Waals surface area contributed by atoms with E-state index in [0.29, 0.717) is 13.0 Å². The molecule has 4 heterocycles. The zero-order chi connectivity index (χ0) is 20.8. The average Bonchev–Trinajstić information content (AvgIpc) is 3.27. The molecule has 31 heavy (non-hydrogen) atoms. The summed E-state index contributed by atoms with van der Waals surface area (Å²) in [6.07, 6.45) is 4.98. The Morgan fingerprint density at radius 1 is 1.16 bits per heavy atom. The van der Waals surface area contributed by atoms with Crippen molar-refractivity contribution in [3.8, 4) is 0 Å². The van der Waals surface area contributed by atoms with Gasteiger partial charge in [0.15, 0.2) is 5.96 Å². The molecule has 0 saturated carbocycles. The van der Waals surface area contributed by atoms with E-state index in [1.165, 1.54) is 10.4 Å². The van der Waals surface area contributed by atoms with Crippen molar-refractivity contribution in [2.45, 2.75) is 26.3 Å². The lowest BCUT2D eigenvalue weighted by Gasteiger charge is -2.36. The van der Waals surface area contributed by atoms with Gasteiger partial charge in [-0.2, -0.15) is 0 Å². The highest BCUT2D eigenvalue weighted by atomic mass is 127. The Bertz CT molecular complexity index is 868. The van der Waals surface area contributed by atoms with Gasteiger partial charge in [0, 0.05) is 69.5 Å². The van der Waals surface area contributed by atoms with E-state index in [2.05, 4.69) is 43.5 Å².